The van der Waals surface area contributed by atoms with Crippen molar-refractivity contribution in [2.75, 3.05) is 5.32 Å². The number of rotatable bonds is 3. The number of aromatic nitrogens is 2. The smallest absolute Gasteiger partial charge is 0.319 e. The number of carbonyl (C=O) groups is 1. The molecule has 6 heteroatoms. The summed E-state index contributed by atoms with van der Waals surface area (Å²) in [5.41, 5.74) is 4.49. The van der Waals surface area contributed by atoms with Crippen LogP contribution in [0.4, 0.5) is 10.5 Å². The third-order valence-electron chi connectivity index (χ3n) is 4.41. The molecule has 1 aromatic carbocycles. The Kier molecular flexibility index (Phi) is 4.09. The molecule has 0 aliphatic heterocycles. The molecule has 2 atom stereocenters. The monoisotopic (exact) mass is 314 g/mol. The molecule has 23 heavy (non-hydrogen) atoms. The molecule has 122 valence electrons. The molecule has 2 amide bonds. The Morgan fingerprint density at radius 3 is 2.83 bits per heavy atom. The first kappa shape index (κ1) is 15.6. The fourth-order valence-corrected chi connectivity index (χ4v) is 3.22. The van der Waals surface area contributed by atoms with Gasteiger partial charge in [0.15, 0.2) is 0 Å². The van der Waals surface area contributed by atoms with Crippen molar-refractivity contribution in [3.05, 3.63) is 46.8 Å². The first-order valence-corrected chi connectivity index (χ1v) is 7.88. The Bertz CT molecular complexity index is 738. The molecule has 2 aromatic rings. The second-order valence-corrected chi connectivity index (χ2v) is 5.91. The lowest BCUT2D eigenvalue weighted by molar-refractivity contribution is 0.144. The second kappa shape index (κ2) is 6.04. The van der Waals surface area contributed by atoms with E-state index in [9.17, 15) is 9.90 Å². The van der Waals surface area contributed by atoms with Gasteiger partial charge in [-0.25, -0.2) is 4.79 Å². The van der Waals surface area contributed by atoms with Gasteiger partial charge in [-0.15, -0.1) is 0 Å². The van der Waals surface area contributed by atoms with Crippen LogP contribution in [-0.4, -0.2) is 27.0 Å². The highest BCUT2D eigenvalue weighted by atomic mass is 16.3. The fourth-order valence-electron chi connectivity index (χ4n) is 3.22. The Labute approximate surface area is 135 Å². The second-order valence-electron chi connectivity index (χ2n) is 5.91. The number of carbonyl (C=O) groups excluding carboxylic acids is 1. The molecule has 0 bridgehead atoms. The van der Waals surface area contributed by atoms with E-state index in [1.165, 1.54) is 0 Å². The topological polar surface area (TPSA) is 79.2 Å². The van der Waals surface area contributed by atoms with E-state index in [1.807, 2.05) is 49.7 Å². The average molecular weight is 314 g/mol. The van der Waals surface area contributed by atoms with Gasteiger partial charge in [-0.05, 0) is 31.9 Å². The molecule has 3 N–H and O–H groups in total. The van der Waals surface area contributed by atoms with Gasteiger partial charge in [0.25, 0.3) is 0 Å². The molecule has 1 aliphatic carbocycles. The number of benzene rings is 1. The van der Waals surface area contributed by atoms with Crippen molar-refractivity contribution < 1.29 is 9.90 Å². The van der Waals surface area contributed by atoms with E-state index in [-0.39, 0.29) is 12.1 Å². The van der Waals surface area contributed by atoms with Crippen LogP contribution < -0.4 is 10.6 Å². The van der Waals surface area contributed by atoms with Crippen LogP contribution >= 0.6 is 0 Å². The highest BCUT2D eigenvalue weighted by Crippen LogP contribution is 2.31. The van der Waals surface area contributed by atoms with Crippen LogP contribution in [0.25, 0.3) is 0 Å². The number of aliphatic hydroxyl groups excluding tert-OH is 1. The van der Waals surface area contributed by atoms with Crippen molar-refractivity contribution >= 4 is 11.7 Å². The molecule has 0 radical (unpaired) electrons. The lowest BCUT2D eigenvalue weighted by atomic mass is 10.1. The molecule has 0 spiro atoms. The zero-order valence-corrected chi connectivity index (χ0v) is 13.6. The largest absolute Gasteiger partial charge is 0.390 e. The first-order chi connectivity index (χ1) is 11.0. The van der Waals surface area contributed by atoms with Crippen molar-refractivity contribution in [2.24, 2.45) is 0 Å². The standard InChI is InChI=1S/C17H22N4O2/c1-4-21-11(3)15(10(2)20-21)18-17(23)19-16-13-8-6-5-7-12(13)9-14(16)22/h5-8,14,16,22H,4,9H2,1-3H3,(H2,18,19,23)/t14-,16-/m1/s1. The summed E-state index contributed by atoms with van der Waals surface area (Å²) in [7, 11) is 0. The molecule has 1 heterocycles. The maximum absolute atomic E-state index is 12.4. The quantitative estimate of drug-likeness (QED) is 0.813. The normalized spacial score (nSPS) is 19.5. The van der Waals surface area contributed by atoms with E-state index >= 15 is 0 Å². The summed E-state index contributed by atoms with van der Waals surface area (Å²) in [6, 6.07) is 7.09. The van der Waals surface area contributed by atoms with E-state index in [1.54, 1.807) is 0 Å². The van der Waals surface area contributed by atoms with Crippen LogP contribution in [0.1, 0.15) is 35.5 Å². The first-order valence-electron chi connectivity index (χ1n) is 7.88. The maximum Gasteiger partial charge on any atom is 0.319 e. The third-order valence-corrected chi connectivity index (χ3v) is 4.41. The number of amides is 2. The predicted octanol–water partition coefficient (Wildman–Crippen LogP) is 2.30. The van der Waals surface area contributed by atoms with E-state index in [0.717, 1.165) is 34.7 Å². The number of nitrogens with zero attached hydrogens (tertiary/aromatic N) is 2. The average Bonchev–Trinajstić information content (AvgIpc) is 2.98. The van der Waals surface area contributed by atoms with Crippen molar-refractivity contribution in [1.82, 2.24) is 15.1 Å². The summed E-state index contributed by atoms with van der Waals surface area (Å²) >= 11 is 0. The maximum atomic E-state index is 12.4. The molecule has 3 rings (SSSR count). The van der Waals surface area contributed by atoms with Crippen LogP contribution in [0, 0.1) is 13.8 Å². The minimum atomic E-state index is -0.598. The Hall–Kier alpha value is -2.34. The molecule has 0 saturated carbocycles. The molecule has 0 saturated heterocycles. The van der Waals surface area contributed by atoms with Gasteiger partial charge in [-0.1, -0.05) is 24.3 Å². The summed E-state index contributed by atoms with van der Waals surface area (Å²) in [6.07, 6.45) is -0.0360. The van der Waals surface area contributed by atoms with E-state index in [4.69, 9.17) is 0 Å². The number of hydrogen-bond donors (Lipinski definition) is 3. The van der Waals surface area contributed by atoms with Gasteiger partial charge in [-0.2, -0.15) is 5.10 Å². The van der Waals surface area contributed by atoms with Gasteiger partial charge < -0.3 is 15.7 Å². The number of aliphatic hydroxyl groups is 1. The number of urea groups is 1. The van der Waals surface area contributed by atoms with E-state index in [2.05, 4.69) is 15.7 Å². The van der Waals surface area contributed by atoms with Crippen LogP contribution in [0.3, 0.4) is 0 Å². The minimum Gasteiger partial charge on any atom is -0.390 e. The van der Waals surface area contributed by atoms with Crippen LogP contribution in [0.15, 0.2) is 24.3 Å². The van der Waals surface area contributed by atoms with Gasteiger partial charge in [0.2, 0.25) is 0 Å². The third kappa shape index (κ3) is 2.82. The minimum absolute atomic E-state index is 0.326. The van der Waals surface area contributed by atoms with E-state index in [0.29, 0.717) is 6.42 Å². The van der Waals surface area contributed by atoms with Gasteiger partial charge in [-0.3, -0.25) is 4.68 Å². The van der Waals surface area contributed by atoms with Crippen LogP contribution in [-0.2, 0) is 13.0 Å². The van der Waals surface area contributed by atoms with Gasteiger partial charge in [0.1, 0.15) is 0 Å². The molecule has 0 unspecified atom stereocenters. The lowest BCUT2D eigenvalue weighted by Crippen LogP contribution is -2.37. The lowest BCUT2D eigenvalue weighted by Gasteiger charge is -2.18. The van der Waals surface area contributed by atoms with Crippen molar-refractivity contribution in [3.63, 3.8) is 0 Å². The van der Waals surface area contributed by atoms with E-state index < -0.39 is 6.10 Å². The number of hydrogen-bond acceptors (Lipinski definition) is 3. The predicted molar refractivity (Wildman–Crippen MR) is 88.4 cm³/mol. The Morgan fingerprint density at radius 1 is 1.39 bits per heavy atom. The zero-order valence-electron chi connectivity index (χ0n) is 13.6. The van der Waals surface area contributed by atoms with Crippen molar-refractivity contribution in [2.45, 2.75) is 45.9 Å². The number of fused-ring (bicyclic) bond motifs is 1. The summed E-state index contributed by atoms with van der Waals surface area (Å²) < 4.78 is 1.85. The number of anilines is 1. The summed E-state index contributed by atoms with van der Waals surface area (Å²) in [6.45, 7) is 6.56. The molecule has 1 aromatic heterocycles. The summed E-state index contributed by atoms with van der Waals surface area (Å²) in [5.74, 6) is 0. The molecule has 6 nitrogen and oxygen atoms in total. The van der Waals surface area contributed by atoms with Gasteiger partial charge in [0.05, 0.1) is 29.2 Å². The Morgan fingerprint density at radius 2 is 2.13 bits per heavy atom. The summed E-state index contributed by atoms with van der Waals surface area (Å²) in [4.78, 5) is 12.4. The fraction of sp³-hybridized carbons (Fsp3) is 0.412. The molecular formula is C17H22N4O2. The highest BCUT2D eigenvalue weighted by Gasteiger charge is 2.32. The SMILES string of the molecule is CCn1nc(C)c(NC(=O)N[C@@H]2c3ccccc3C[C@H]2O)c1C. The Balaban J connectivity index is 1.75. The summed E-state index contributed by atoms with van der Waals surface area (Å²) in [5, 5.41) is 20.4. The van der Waals surface area contributed by atoms with Crippen molar-refractivity contribution in [1.29, 1.82) is 0 Å². The van der Waals surface area contributed by atoms with Crippen LogP contribution in [0.2, 0.25) is 0 Å². The van der Waals surface area contributed by atoms with Crippen LogP contribution in [0.5, 0.6) is 0 Å². The van der Waals surface area contributed by atoms with Crippen molar-refractivity contribution in [3.8, 4) is 0 Å². The highest BCUT2D eigenvalue weighted by molar-refractivity contribution is 5.91. The van der Waals surface area contributed by atoms with Gasteiger partial charge in [0, 0.05) is 13.0 Å². The molecule has 0 fully saturated rings. The molecule has 1 aliphatic rings. The zero-order chi connectivity index (χ0) is 16.6. The number of aryl methyl sites for hydroxylation is 2. The molecular weight excluding hydrogens is 292 g/mol. The van der Waals surface area contributed by atoms with Gasteiger partial charge >= 0.3 is 6.03 Å². The number of nitrogens with one attached hydrogen (secondary N) is 2.